The highest BCUT2D eigenvalue weighted by molar-refractivity contribution is 5.92. The van der Waals surface area contributed by atoms with Crippen molar-refractivity contribution in [3.63, 3.8) is 0 Å². The van der Waals surface area contributed by atoms with Crippen LogP contribution in [0.15, 0.2) is 10.6 Å². The van der Waals surface area contributed by atoms with Gasteiger partial charge in [-0.3, -0.25) is 4.79 Å². The molecule has 2 heterocycles. The number of nitrogens with one attached hydrogen (secondary N) is 1. The molecular weight excluding hydrogens is 322 g/mol. The van der Waals surface area contributed by atoms with E-state index in [0.29, 0.717) is 37.2 Å². The Kier molecular flexibility index (Phi) is 5.01. The zero-order chi connectivity index (χ0) is 18.0. The zero-order valence-corrected chi connectivity index (χ0v) is 15.2. The SMILES string of the molecule is CC(C)(C)OC(=O)N1CCC(CNC(=O)c2cc(C3CC3)on2)CC1. The van der Waals surface area contributed by atoms with E-state index in [1.807, 2.05) is 20.8 Å². The Morgan fingerprint density at radius 3 is 2.56 bits per heavy atom. The lowest BCUT2D eigenvalue weighted by atomic mass is 9.97. The molecule has 25 heavy (non-hydrogen) atoms. The minimum Gasteiger partial charge on any atom is -0.444 e. The number of rotatable bonds is 4. The van der Waals surface area contributed by atoms with Crippen molar-refractivity contribution >= 4 is 12.0 Å². The maximum absolute atomic E-state index is 12.2. The maximum Gasteiger partial charge on any atom is 0.410 e. The molecular formula is C18H27N3O4. The van der Waals surface area contributed by atoms with Crippen LogP contribution in [0.4, 0.5) is 4.79 Å². The van der Waals surface area contributed by atoms with Crippen LogP contribution in [-0.4, -0.2) is 47.3 Å². The van der Waals surface area contributed by atoms with Gasteiger partial charge in [0.1, 0.15) is 11.4 Å². The van der Waals surface area contributed by atoms with Crippen LogP contribution in [0.2, 0.25) is 0 Å². The molecule has 3 rings (SSSR count). The topological polar surface area (TPSA) is 84.7 Å². The number of hydrogen-bond acceptors (Lipinski definition) is 5. The molecule has 1 saturated carbocycles. The highest BCUT2D eigenvalue weighted by Crippen LogP contribution is 2.40. The van der Waals surface area contributed by atoms with E-state index in [1.165, 1.54) is 0 Å². The fourth-order valence-corrected chi connectivity index (χ4v) is 2.93. The number of ether oxygens (including phenoxy) is 1. The Balaban J connectivity index is 1.40. The Labute approximate surface area is 148 Å². The van der Waals surface area contributed by atoms with Gasteiger partial charge >= 0.3 is 6.09 Å². The molecule has 1 aromatic heterocycles. The molecule has 0 atom stereocenters. The fourth-order valence-electron chi connectivity index (χ4n) is 2.93. The maximum atomic E-state index is 12.2. The number of piperidine rings is 1. The monoisotopic (exact) mass is 349 g/mol. The van der Waals surface area contributed by atoms with Crippen LogP contribution in [0.5, 0.6) is 0 Å². The Hall–Kier alpha value is -2.05. The molecule has 1 aliphatic carbocycles. The van der Waals surface area contributed by atoms with Crippen molar-refractivity contribution in [2.75, 3.05) is 19.6 Å². The Morgan fingerprint density at radius 2 is 1.96 bits per heavy atom. The van der Waals surface area contributed by atoms with Gasteiger partial charge in [0.15, 0.2) is 5.69 Å². The van der Waals surface area contributed by atoms with Crippen LogP contribution in [-0.2, 0) is 4.74 Å². The second-order valence-electron chi connectivity index (χ2n) is 8.01. The quantitative estimate of drug-likeness (QED) is 0.903. The summed E-state index contributed by atoms with van der Waals surface area (Å²) in [7, 11) is 0. The average molecular weight is 349 g/mol. The molecule has 7 heteroatoms. The van der Waals surface area contributed by atoms with Gasteiger partial charge in [-0.15, -0.1) is 0 Å². The van der Waals surface area contributed by atoms with Crippen molar-refractivity contribution in [2.24, 2.45) is 5.92 Å². The van der Waals surface area contributed by atoms with Crippen LogP contribution < -0.4 is 5.32 Å². The fraction of sp³-hybridized carbons (Fsp3) is 0.722. The lowest BCUT2D eigenvalue weighted by Gasteiger charge is -2.33. The molecule has 0 unspecified atom stereocenters. The molecule has 0 spiro atoms. The molecule has 1 aliphatic heterocycles. The summed E-state index contributed by atoms with van der Waals surface area (Å²) in [6.07, 6.45) is 3.68. The van der Waals surface area contributed by atoms with Gasteiger partial charge in [0.25, 0.3) is 5.91 Å². The van der Waals surface area contributed by atoms with E-state index in [-0.39, 0.29) is 12.0 Å². The second kappa shape index (κ2) is 7.06. The predicted octanol–water partition coefficient (Wildman–Crippen LogP) is 2.93. The first-order valence-corrected chi connectivity index (χ1v) is 9.04. The van der Waals surface area contributed by atoms with E-state index in [2.05, 4.69) is 10.5 Å². The number of likely N-dealkylation sites (tertiary alicyclic amines) is 1. The molecule has 7 nitrogen and oxygen atoms in total. The third-order valence-corrected chi connectivity index (χ3v) is 4.56. The van der Waals surface area contributed by atoms with Gasteiger partial charge in [-0.05, 0) is 52.4 Å². The molecule has 2 amide bonds. The minimum atomic E-state index is -0.473. The molecule has 0 aromatic carbocycles. The van der Waals surface area contributed by atoms with Gasteiger partial charge in [-0.2, -0.15) is 0 Å². The number of hydrogen-bond donors (Lipinski definition) is 1. The Bertz CT molecular complexity index is 623. The molecule has 1 N–H and O–H groups in total. The predicted molar refractivity (Wildman–Crippen MR) is 91.3 cm³/mol. The summed E-state index contributed by atoms with van der Waals surface area (Å²) in [6.45, 7) is 7.51. The van der Waals surface area contributed by atoms with E-state index in [9.17, 15) is 9.59 Å². The first kappa shape index (κ1) is 17.8. The summed E-state index contributed by atoms with van der Waals surface area (Å²) in [6, 6.07) is 1.75. The average Bonchev–Trinajstić information content (AvgIpc) is 3.28. The number of amides is 2. The summed E-state index contributed by atoms with van der Waals surface area (Å²) in [5.74, 6) is 1.43. The summed E-state index contributed by atoms with van der Waals surface area (Å²) in [5.41, 5.74) is -0.119. The number of carbonyl (C=O) groups excluding carboxylic acids is 2. The largest absolute Gasteiger partial charge is 0.444 e. The molecule has 1 aromatic rings. The number of nitrogens with zero attached hydrogens (tertiary/aromatic N) is 2. The van der Waals surface area contributed by atoms with Gasteiger partial charge in [-0.1, -0.05) is 5.16 Å². The zero-order valence-electron chi connectivity index (χ0n) is 15.2. The van der Waals surface area contributed by atoms with E-state index < -0.39 is 5.60 Å². The lowest BCUT2D eigenvalue weighted by Crippen LogP contribution is -2.43. The number of carbonyl (C=O) groups is 2. The minimum absolute atomic E-state index is 0.190. The molecule has 2 fully saturated rings. The van der Waals surface area contributed by atoms with Crippen LogP contribution in [0, 0.1) is 5.92 Å². The molecule has 1 saturated heterocycles. The summed E-state index contributed by atoms with van der Waals surface area (Å²) >= 11 is 0. The molecule has 0 bridgehead atoms. The standard InChI is InChI=1S/C18H27N3O4/c1-18(2,3)24-17(23)21-8-6-12(7-9-21)11-19-16(22)14-10-15(25-20-14)13-4-5-13/h10,12-13H,4-9,11H2,1-3H3,(H,19,22). The molecule has 138 valence electrons. The second-order valence-corrected chi connectivity index (χ2v) is 8.01. The molecule has 0 radical (unpaired) electrons. The van der Waals surface area contributed by atoms with E-state index in [1.54, 1.807) is 11.0 Å². The van der Waals surface area contributed by atoms with Crippen molar-refractivity contribution in [2.45, 2.75) is 58.0 Å². The van der Waals surface area contributed by atoms with Gasteiger partial charge in [0.2, 0.25) is 0 Å². The third kappa shape index (κ3) is 4.96. The van der Waals surface area contributed by atoms with Crippen molar-refractivity contribution < 1.29 is 18.8 Å². The first-order valence-electron chi connectivity index (χ1n) is 9.04. The van der Waals surface area contributed by atoms with Gasteiger partial charge in [-0.25, -0.2) is 4.79 Å². The van der Waals surface area contributed by atoms with Crippen molar-refractivity contribution in [3.05, 3.63) is 17.5 Å². The van der Waals surface area contributed by atoms with Crippen LogP contribution in [0.1, 0.15) is 68.6 Å². The van der Waals surface area contributed by atoms with Crippen molar-refractivity contribution in [1.82, 2.24) is 15.4 Å². The normalized spacial score (nSPS) is 18.9. The van der Waals surface area contributed by atoms with Gasteiger partial charge in [0, 0.05) is 31.6 Å². The van der Waals surface area contributed by atoms with Crippen LogP contribution in [0.3, 0.4) is 0 Å². The van der Waals surface area contributed by atoms with E-state index in [4.69, 9.17) is 9.26 Å². The van der Waals surface area contributed by atoms with E-state index >= 15 is 0 Å². The highest BCUT2D eigenvalue weighted by atomic mass is 16.6. The van der Waals surface area contributed by atoms with Crippen molar-refractivity contribution in [1.29, 1.82) is 0 Å². The smallest absolute Gasteiger partial charge is 0.410 e. The summed E-state index contributed by atoms with van der Waals surface area (Å²) in [4.78, 5) is 25.9. The van der Waals surface area contributed by atoms with E-state index in [0.717, 1.165) is 31.4 Å². The number of aromatic nitrogens is 1. The molecule has 2 aliphatic rings. The Morgan fingerprint density at radius 1 is 1.28 bits per heavy atom. The summed E-state index contributed by atoms with van der Waals surface area (Å²) < 4.78 is 10.6. The summed E-state index contributed by atoms with van der Waals surface area (Å²) in [5, 5.41) is 6.78. The van der Waals surface area contributed by atoms with Crippen molar-refractivity contribution in [3.8, 4) is 0 Å². The highest BCUT2D eigenvalue weighted by Gasteiger charge is 2.30. The lowest BCUT2D eigenvalue weighted by molar-refractivity contribution is 0.0183. The van der Waals surface area contributed by atoms with Gasteiger partial charge < -0.3 is 19.5 Å². The third-order valence-electron chi connectivity index (χ3n) is 4.56. The van der Waals surface area contributed by atoms with Crippen LogP contribution in [0.25, 0.3) is 0 Å². The van der Waals surface area contributed by atoms with Crippen LogP contribution >= 0.6 is 0 Å². The first-order chi connectivity index (χ1) is 11.8. The van der Waals surface area contributed by atoms with Gasteiger partial charge in [0.05, 0.1) is 0 Å².